The predicted molar refractivity (Wildman–Crippen MR) is 69.1 cm³/mol. The highest BCUT2D eigenvalue weighted by atomic mass is 32.2. The third kappa shape index (κ3) is 3.49. The van der Waals surface area contributed by atoms with E-state index in [0.717, 1.165) is 12.2 Å². The molecule has 0 saturated carbocycles. The Bertz CT molecular complexity index is 352. The number of hydrogen-bond acceptors (Lipinski definition) is 4. The standard InChI is InChI=1S/C12H19NO3S/c1-4-7(2)17-6-5-9-11(15)10(8(3)14)12(16)13-9/h7,9,15H,4-6H2,1-3H3,(H,13,16). The molecular formula is C12H19NO3S. The second-order valence-corrected chi connectivity index (χ2v) is 5.77. The fraction of sp³-hybridized carbons (Fsp3) is 0.667. The van der Waals surface area contributed by atoms with Crippen LogP contribution < -0.4 is 5.32 Å². The molecule has 96 valence electrons. The average molecular weight is 257 g/mol. The van der Waals surface area contributed by atoms with E-state index in [9.17, 15) is 14.7 Å². The molecule has 17 heavy (non-hydrogen) atoms. The van der Waals surface area contributed by atoms with Gasteiger partial charge in [0.15, 0.2) is 5.78 Å². The summed E-state index contributed by atoms with van der Waals surface area (Å²) in [5, 5.41) is 13.0. The minimum atomic E-state index is -0.450. The van der Waals surface area contributed by atoms with Crippen molar-refractivity contribution >= 4 is 23.5 Å². The molecule has 0 fully saturated rings. The number of Topliss-reactive ketones (excluding diaryl/α,β-unsaturated/α-hetero) is 1. The maximum absolute atomic E-state index is 11.4. The lowest BCUT2D eigenvalue weighted by Gasteiger charge is -2.12. The molecule has 1 rings (SSSR count). The van der Waals surface area contributed by atoms with Gasteiger partial charge in [0.2, 0.25) is 0 Å². The van der Waals surface area contributed by atoms with Crippen LogP contribution in [0.5, 0.6) is 0 Å². The maximum Gasteiger partial charge on any atom is 0.258 e. The summed E-state index contributed by atoms with van der Waals surface area (Å²) in [6.45, 7) is 5.57. The van der Waals surface area contributed by atoms with Crippen LogP contribution in [0, 0.1) is 0 Å². The smallest absolute Gasteiger partial charge is 0.258 e. The Hall–Kier alpha value is -0.970. The Labute approximate surface area is 106 Å². The van der Waals surface area contributed by atoms with E-state index in [0.29, 0.717) is 11.7 Å². The molecule has 0 radical (unpaired) electrons. The first-order valence-electron chi connectivity index (χ1n) is 5.83. The fourth-order valence-corrected chi connectivity index (χ4v) is 2.65. The van der Waals surface area contributed by atoms with Crippen molar-refractivity contribution in [2.45, 2.75) is 44.9 Å². The first kappa shape index (κ1) is 14.1. The first-order valence-corrected chi connectivity index (χ1v) is 6.88. The highest BCUT2D eigenvalue weighted by Gasteiger charge is 2.33. The van der Waals surface area contributed by atoms with Crippen LogP contribution >= 0.6 is 11.8 Å². The Morgan fingerprint density at radius 1 is 1.59 bits per heavy atom. The summed E-state index contributed by atoms with van der Waals surface area (Å²) < 4.78 is 0. The van der Waals surface area contributed by atoms with Crippen LogP contribution in [-0.4, -0.2) is 33.8 Å². The van der Waals surface area contributed by atoms with Gasteiger partial charge < -0.3 is 10.4 Å². The number of thioether (sulfide) groups is 1. The number of nitrogens with one attached hydrogen (secondary N) is 1. The lowest BCUT2D eigenvalue weighted by Crippen LogP contribution is -2.30. The SMILES string of the molecule is CCC(C)SCCC1NC(=O)C(C(C)=O)=C1O. The Morgan fingerprint density at radius 3 is 2.71 bits per heavy atom. The van der Waals surface area contributed by atoms with E-state index in [2.05, 4.69) is 19.2 Å². The zero-order valence-electron chi connectivity index (χ0n) is 10.4. The van der Waals surface area contributed by atoms with Crippen LogP contribution in [0.1, 0.15) is 33.6 Å². The highest BCUT2D eigenvalue weighted by molar-refractivity contribution is 7.99. The first-order chi connectivity index (χ1) is 7.97. The molecule has 0 spiro atoms. The molecule has 1 aliphatic rings. The second kappa shape index (κ2) is 6.10. The van der Waals surface area contributed by atoms with Gasteiger partial charge in [-0.15, -0.1) is 0 Å². The molecule has 2 atom stereocenters. The van der Waals surface area contributed by atoms with E-state index >= 15 is 0 Å². The second-order valence-electron chi connectivity index (χ2n) is 4.22. The quantitative estimate of drug-likeness (QED) is 0.712. The van der Waals surface area contributed by atoms with Crippen LogP contribution in [-0.2, 0) is 9.59 Å². The third-order valence-electron chi connectivity index (χ3n) is 2.85. The summed E-state index contributed by atoms with van der Waals surface area (Å²) in [5.41, 5.74) is -0.0801. The summed E-state index contributed by atoms with van der Waals surface area (Å²) in [6, 6.07) is -0.391. The molecule has 0 saturated heterocycles. The van der Waals surface area contributed by atoms with Gasteiger partial charge in [-0.2, -0.15) is 11.8 Å². The van der Waals surface area contributed by atoms with Gasteiger partial charge in [-0.3, -0.25) is 9.59 Å². The van der Waals surface area contributed by atoms with E-state index < -0.39 is 11.9 Å². The number of amides is 1. The Morgan fingerprint density at radius 2 is 2.24 bits per heavy atom. The summed E-state index contributed by atoms with van der Waals surface area (Å²) in [4.78, 5) is 22.6. The third-order valence-corrected chi connectivity index (χ3v) is 4.23. The van der Waals surface area contributed by atoms with Crippen molar-refractivity contribution < 1.29 is 14.7 Å². The van der Waals surface area contributed by atoms with Crippen LogP contribution in [0.3, 0.4) is 0 Å². The number of ketones is 1. The zero-order valence-corrected chi connectivity index (χ0v) is 11.3. The van der Waals surface area contributed by atoms with Crippen LogP contribution in [0.2, 0.25) is 0 Å². The lowest BCUT2D eigenvalue weighted by atomic mass is 10.1. The van der Waals surface area contributed by atoms with Gasteiger partial charge in [0.25, 0.3) is 5.91 Å². The maximum atomic E-state index is 11.4. The summed E-state index contributed by atoms with van der Waals surface area (Å²) in [5.74, 6) is -0.0623. The molecule has 0 aromatic heterocycles. The lowest BCUT2D eigenvalue weighted by molar-refractivity contribution is -0.121. The number of carbonyl (C=O) groups is 2. The molecule has 5 heteroatoms. The van der Waals surface area contributed by atoms with Crippen LogP contribution in [0.4, 0.5) is 0 Å². The average Bonchev–Trinajstić information content (AvgIpc) is 2.53. The number of aliphatic hydroxyl groups is 1. The molecule has 0 aromatic carbocycles. The Kier molecular flexibility index (Phi) is 5.05. The topological polar surface area (TPSA) is 66.4 Å². The molecule has 2 unspecified atom stereocenters. The van der Waals surface area contributed by atoms with E-state index in [-0.39, 0.29) is 17.1 Å². The summed E-state index contributed by atoms with van der Waals surface area (Å²) in [6.07, 6.45) is 1.76. The minimum Gasteiger partial charge on any atom is -0.509 e. The molecule has 4 nitrogen and oxygen atoms in total. The fourth-order valence-electron chi connectivity index (χ4n) is 1.64. The van der Waals surface area contributed by atoms with Gasteiger partial charge in [0.1, 0.15) is 11.3 Å². The van der Waals surface area contributed by atoms with Crippen molar-refractivity contribution in [3.05, 3.63) is 11.3 Å². The molecule has 1 amide bonds. The molecule has 0 aliphatic carbocycles. The summed E-state index contributed by atoms with van der Waals surface area (Å²) in [7, 11) is 0. The van der Waals surface area contributed by atoms with Crippen LogP contribution in [0.15, 0.2) is 11.3 Å². The van der Waals surface area contributed by atoms with Crippen LogP contribution in [0.25, 0.3) is 0 Å². The monoisotopic (exact) mass is 257 g/mol. The molecule has 0 bridgehead atoms. The van der Waals surface area contributed by atoms with Gasteiger partial charge >= 0.3 is 0 Å². The minimum absolute atomic E-state index is 0.0801. The number of carbonyl (C=O) groups excluding carboxylic acids is 2. The van der Waals surface area contributed by atoms with Crippen molar-refractivity contribution in [3.63, 3.8) is 0 Å². The molecule has 0 aromatic rings. The van der Waals surface area contributed by atoms with Gasteiger partial charge in [-0.05, 0) is 25.5 Å². The largest absolute Gasteiger partial charge is 0.509 e. The van der Waals surface area contributed by atoms with Gasteiger partial charge in [-0.25, -0.2) is 0 Å². The summed E-state index contributed by atoms with van der Waals surface area (Å²) >= 11 is 1.81. The number of rotatable bonds is 6. The van der Waals surface area contributed by atoms with E-state index in [1.807, 2.05) is 0 Å². The molecule has 1 heterocycles. The van der Waals surface area contributed by atoms with Gasteiger partial charge in [0, 0.05) is 5.25 Å². The zero-order chi connectivity index (χ0) is 13.0. The van der Waals surface area contributed by atoms with Crippen molar-refractivity contribution in [2.75, 3.05) is 5.75 Å². The van der Waals surface area contributed by atoms with Gasteiger partial charge in [-0.1, -0.05) is 13.8 Å². The normalized spacial score (nSPS) is 21.6. The van der Waals surface area contributed by atoms with Crippen molar-refractivity contribution in [1.29, 1.82) is 0 Å². The number of hydrogen-bond donors (Lipinski definition) is 2. The molecule has 2 N–H and O–H groups in total. The van der Waals surface area contributed by atoms with E-state index in [1.54, 1.807) is 11.8 Å². The van der Waals surface area contributed by atoms with Gasteiger partial charge in [0.05, 0.1) is 6.04 Å². The number of aliphatic hydroxyl groups excluding tert-OH is 1. The van der Waals surface area contributed by atoms with Crippen molar-refractivity contribution in [2.24, 2.45) is 0 Å². The predicted octanol–water partition coefficient (Wildman–Crippen LogP) is 1.81. The molecular weight excluding hydrogens is 238 g/mol. The van der Waals surface area contributed by atoms with E-state index in [1.165, 1.54) is 6.92 Å². The van der Waals surface area contributed by atoms with Crippen molar-refractivity contribution in [3.8, 4) is 0 Å². The Balaban J connectivity index is 2.52. The highest BCUT2D eigenvalue weighted by Crippen LogP contribution is 2.22. The van der Waals surface area contributed by atoms with Crippen molar-refractivity contribution in [1.82, 2.24) is 5.32 Å². The molecule has 1 aliphatic heterocycles. The van der Waals surface area contributed by atoms with E-state index in [4.69, 9.17) is 0 Å².